The Bertz CT molecular complexity index is 395. The summed E-state index contributed by atoms with van der Waals surface area (Å²) >= 11 is 0. The van der Waals surface area contributed by atoms with Gasteiger partial charge in [-0.1, -0.05) is 76.2 Å². The van der Waals surface area contributed by atoms with E-state index in [1.54, 1.807) is 0 Å². The van der Waals surface area contributed by atoms with Crippen LogP contribution in [0.25, 0.3) is 0 Å². The van der Waals surface area contributed by atoms with Gasteiger partial charge in [-0.05, 0) is 12.0 Å². The minimum atomic E-state index is 0. The maximum atomic E-state index is 11.6. The Kier molecular flexibility index (Phi) is 14.1. The van der Waals surface area contributed by atoms with E-state index in [0.29, 0.717) is 5.76 Å². The topological polar surface area (TPSA) is 23.1 Å². The summed E-state index contributed by atoms with van der Waals surface area (Å²) in [5.74, 6) is 0.304. The van der Waals surface area contributed by atoms with Crippen LogP contribution in [-0.2, 0) is 17.1 Å². The molecule has 0 saturated carbocycles. The molecule has 0 fully saturated rings. The average Bonchev–Trinajstić information content (AvgIpc) is 3.21. The fraction of sp³-hybridized carbons (Fsp3) is 0.450. The van der Waals surface area contributed by atoms with Crippen LogP contribution in [-0.4, -0.2) is 0 Å². The van der Waals surface area contributed by atoms with Crippen molar-refractivity contribution >= 4 is 0 Å². The van der Waals surface area contributed by atoms with Crippen LogP contribution in [0, 0.1) is 0 Å². The first-order chi connectivity index (χ1) is 10.3. The monoisotopic (exact) mass is 340 g/mol. The molecule has 2 heteroatoms. The Morgan fingerprint density at radius 1 is 0.909 bits per heavy atom. The molecule has 1 nitrogen and oxygen atoms in total. The predicted molar refractivity (Wildman–Crippen MR) is 90.0 cm³/mol. The van der Waals surface area contributed by atoms with E-state index >= 15 is 0 Å². The van der Waals surface area contributed by atoms with Crippen LogP contribution in [0.5, 0.6) is 0 Å². The third-order valence-corrected chi connectivity index (χ3v) is 3.55. The van der Waals surface area contributed by atoms with Crippen molar-refractivity contribution in [3.05, 3.63) is 66.0 Å². The molecule has 0 unspecified atom stereocenters. The second-order valence-electron chi connectivity index (χ2n) is 5.43. The minimum Gasteiger partial charge on any atom is -0.875 e. The summed E-state index contributed by atoms with van der Waals surface area (Å²) in [7, 11) is 0. The molecule has 1 aromatic carbocycles. The van der Waals surface area contributed by atoms with Gasteiger partial charge < -0.3 is 5.11 Å². The van der Waals surface area contributed by atoms with Gasteiger partial charge in [-0.2, -0.15) is 18.2 Å². The van der Waals surface area contributed by atoms with E-state index in [1.165, 1.54) is 38.5 Å². The molecule has 122 valence electrons. The van der Waals surface area contributed by atoms with Gasteiger partial charge in [-0.15, -0.1) is 5.76 Å². The van der Waals surface area contributed by atoms with E-state index in [4.69, 9.17) is 0 Å². The largest absolute Gasteiger partial charge is 2.00 e. The molecule has 0 N–H and O–H groups in total. The summed E-state index contributed by atoms with van der Waals surface area (Å²) in [6, 6.07) is 10.0. The molecule has 22 heavy (non-hydrogen) atoms. The third kappa shape index (κ3) is 10.6. The van der Waals surface area contributed by atoms with Crippen LogP contribution in [0.1, 0.15) is 58.3 Å². The summed E-state index contributed by atoms with van der Waals surface area (Å²) in [4.78, 5) is 0. The van der Waals surface area contributed by atoms with Crippen molar-refractivity contribution in [1.29, 1.82) is 0 Å². The van der Waals surface area contributed by atoms with Crippen molar-refractivity contribution in [2.75, 3.05) is 0 Å². The maximum Gasteiger partial charge on any atom is 2.00 e. The van der Waals surface area contributed by atoms with Crippen LogP contribution in [0.2, 0.25) is 0 Å². The molecule has 0 atom stereocenters. The van der Waals surface area contributed by atoms with Gasteiger partial charge in [0.05, 0.1) is 0 Å². The van der Waals surface area contributed by atoms with Crippen molar-refractivity contribution < 1.29 is 22.2 Å². The van der Waals surface area contributed by atoms with Gasteiger partial charge >= 0.3 is 17.1 Å². The van der Waals surface area contributed by atoms with Crippen LogP contribution < -0.4 is 5.11 Å². The fourth-order valence-corrected chi connectivity index (χ4v) is 2.27. The van der Waals surface area contributed by atoms with Crippen molar-refractivity contribution in [2.45, 2.75) is 58.3 Å². The van der Waals surface area contributed by atoms with E-state index in [-0.39, 0.29) is 17.1 Å². The van der Waals surface area contributed by atoms with Gasteiger partial charge in [0, 0.05) is 0 Å². The molecule has 1 aromatic rings. The van der Waals surface area contributed by atoms with Gasteiger partial charge in [0.1, 0.15) is 0 Å². The molecule has 0 amide bonds. The smallest absolute Gasteiger partial charge is 0.875 e. The summed E-state index contributed by atoms with van der Waals surface area (Å²) in [6.45, 7) is 2.23. The molecular weight excluding hydrogens is 312 g/mol. The number of hydrogen-bond donors (Lipinski definition) is 0. The Morgan fingerprint density at radius 2 is 1.45 bits per heavy atom. The van der Waals surface area contributed by atoms with Crippen molar-refractivity contribution in [3.63, 3.8) is 0 Å². The van der Waals surface area contributed by atoms with E-state index in [2.05, 4.69) is 6.92 Å². The van der Waals surface area contributed by atoms with Gasteiger partial charge in [0.25, 0.3) is 0 Å². The molecule has 0 bridgehead atoms. The molecule has 0 heterocycles. The Balaban J connectivity index is 0.000000622. The molecule has 0 spiro atoms. The average molecular weight is 340 g/mol. The molecule has 1 aliphatic carbocycles. The normalized spacial score (nSPS) is 11.8. The van der Waals surface area contributed by atoms with Gasteiger partial charge in [-0.25, -0.2) is 12.1 Å². The van der Waals surface area contributed by atoms with Crippen LogP contribution in [0.3, 0.4) is 0 Å². The first-order valence-corrected chi connectivity index (χ1v) is 8.26. The predicted octanol–water partition coefficient (Wildman–Crippen LogP) is 5.27. The number of rotatable bonds is 8. The zero-order valence-electron chi connectivity index (χ0n) is 13.6. The van der Waals surface area contributed by atoms with E-state index in [9.17, 15) is 5.11 Å². The fourth-order valence-electron chi connectivity index (χ4n) is 2.27. The molecule has 1 aliphatic rings. The van der Waals surface area contributed by atoms with Crippen molar-refractivity contribution in [2.24, 2.45) is 0 Å². The SMILES string of the molecule is CCCCCCCCCC([O-])=C1C=CC=C1.[Fe+2].c1cc[cH-]c1. The summed E-state index contributed by atoms with van der Waals surface area (Å²) in [5.41, 5.74) is 0.881. The number of hydrogen-bond acceptors (Lipinski definition) is 1. The van der Waals surface area contributed by atoms with Crippen LogP contribution >= 0.6 is 0 Å². The molecular formula is C20H28FeO. The minimum absolute atomic E-state index is 0. The number of unbranched alkanes of at least 4 members (excludes halogenated alkanes) is 6. The van der Waals surface area contributed by atoms with Crippen LogP contribution in [0.15, 0.2) is 66.0 Å². The second kappa shape index (κ2) is 14.8. The molecule has 0 aromatic heterocycles. The summed E-state index contributed by atoms with van der Waals surface area (Å²) in [5, 5.41) is 11.6. The summed E-state index contributed by atoms with van der Waals surface area (Å²) in [6.07, 6.45) is 17.3. The zero-order chi connectivity index (χ0) is 15.2. The van der Waals surface area contributed by atoms with Gasteiger partial charge in [0.2, 0.25) is 0 Å². The third-order valence-electron chi connectivity index (χ3n) is 3.55. The molecule has 0 aliphatic heterocycles. The van der Waals surface area contributed by atoms with Crippen molar-refractivity contribution in [1.82, 2.24) is 0 Å². The standard InChI is InChI=1S/C15H24O.C5H5.Fe/c1-2-3-4-5-6-7-8-13-15(16)14-11-9-10-12-14;1-2-4-5-3-1;/h9-12,16H,2-8,13H2,1H3;1-5H;/q;-1;+2/p-1. The first kappa shape index (κ1) is 20.9. The molecule has 2 rings (SSSR count). The van der Waals surface area contributed by atoms with E-state index in [0.717, 1.165) is 18.4 Å². The Morgan fingerprint density at radius 3 is 1.95 bits per heavy atom. The first-order valence-electron chi connectivity index (χ1n) is 8.26. The van der Waals surface area contributed by atoms with Crippen LogP contribution in [0.4, 0.5) is 0 Å². The Hall–Kier alpha value is -1.11. The van der Waals surface area contributed by atoms with Gasteiger partial charge in [0.15, 0.2) is 0 Å². The van der Waals surface area contributed by atoms with Gasteiger partial charge in [-0.3, -0.25) is 0 Å². The van der Waals surface area contributed by atoms with Crippen molar-refractivity contribution in [3.8, 4) is 0 Å². The molecule has 0 saturated heterocycles. The van der Waals surface area contributed by atoms with E-state index in [1.807, 2.05) is 54.6 Å². The quantitative estimate of drug-likeness (QED) is 0.274. The summed E-state index contributed by atoms with van der Waals surface area (Å²) < 4.78 is 0. The maximum absolute atomic E-state index is 11.6. The second-order valence-corrected chi connectivity index (χ2v) is 5.43. The zero-order valence-corrected chi connectivity index (χ0v) is 14.7. The number of allylic oxidation sites excluding steroid dienone is 6. The molecule has 0 radical (unpaired) electrons. The van der Waals surface area contributed by atoms with E-state index < -0.39 is 0 Å². The Labute approximate surface area is 146 Å².